The molecule has 0 aromatic heterocycles. The number of nitrogens with two attached hydrogens (primary N) is 1. The van der Waals surface area contributed by atoms with E-state index >= 15 is 0 Å². The van der Waals surface area contributed by atoms with E-state index in [1.165, 1.54) is 12.8 Å². The van der Waals surface area contributed by atoms with Crippen molar-refractivity contribution in [3.05, 3.63) is 0 Å². The van der Waals surface area contributed by atoms with E-state index in [1.54, 1.807) is 0 Å². The molecule has 3 unspecified atom stereocenters. The van der Waals surface area contributed by atoms with Gasteiger partial charge in [-0.15, -0.1) is 0 Å². The summed E-state index contributed by atoms with van der Waals surface area (Å²) in [4.78, 5) is 17.0. The second-order valence-corrected chi connectivity index (χ2v) is 6.02. The summed E-state index contributed by atoms with van der Waals surface area (Å²) in [6.45, 7) is 4.89. The van der Waals surface area contributed by atoms with E-state index in [-0.39, 0.29) is 12.0 Å². The Kier molecular flexibility index (Phi) is 4.62. The number of hydrogen-bond acceptors (Lipinski definition) is 3. The summed E-state index contributed by atoms with van der Waals surface area (Å²) in [6, 6.07) is 0.541. The predicted octanol–water partition coefficient (Wildman–Crippen LogP) is 1.06. The average molecular weight is 253 g/mol. The van der Waals surface area contributed by atoms with Crippen molar-refractivity contribution in [2.24, 2.45) is 11.7 Å². The minimum Gasteiger partial charge on any atom is -0.340 e. The minimum absolute atomic E-state index is 0.0723. The molecule has 2 N–H and O–H groups in total. The summed E-state index contributed by atoms with van der Waals surface area (Å²) in [6.07, 6.45) is 5.58. The standard InChI is InChI=1S/C14H27N3O/c1-11-10-17(9-8-16(11)2)14(18)12-6-4-3-5-7-13(12)15/h11-13H,3-10,15H2,1-2H3. The fraction of sp³-hybridized carbons (Fsp3) is 0.929. The van der Waals surface area contributed by atoms with Gasteiger partial charge in [-0.25, -0.2) is 0 Å². The van der Waals surface area contributed by atoms with Gasteiger partial charge >= 0.3 is 0 Å². The fourth-order valence-electron chi connectivity index (χ4n) is 3.13. The summed E-state index contributed by atoms with van der Waals surface area (Å²) >= 11 is 0. The lowest BCUT2D eigenvalue weighted by molar-refractivity contribution is -0.139. The van der Waals surface area contributed by atoms with Crippen LogP contribution in [0.1, 0.15) is 39.0 Å². The normalized spacial score (nSPS) is 35.3. The van der Waals surface area contributed by atoms with Gasteiger partial charge in [0.15, 0.2) is 0 Å². The zero-order valence-electron chi connectivity index (χ0n) is 11.8. The molecule has 2 rings (SSSR count). The van der Waals surface area contributed by atoms with Crippen molar-refractivity contribution in [1.82, 2.24) is 9.80 Å². The SMILES string of the molecule is CC1CN(C(=O)C2CCCCCC2N)CCN1C. The monoisotopic (exact) mass is 253 g/mol. The van der Waals surface area contributed by atoms with Crippen molar-refractivity contribution in [2.45, 2.75) is 51.1 Å². The lowest BCUT2D eigenvalue weighted by Gasteiger charge is -2.39. The van der Waals surface area contributed by atoms with Gasteiger partial charge in [0.25, 0.3) is 0 Å². The molecule has 2 aliphatic rings. The molecular formula is C14H27N3O. The highest BCUT2D eigenvalue weighted by Gasteiger charge is 2.33. The summed E-state index contributed by atoms with van der Waals surface area (Å²) in [5.74, 6) is 0.382. The average Bonchev–Trinajstić information content (AvgIpc) is 2.56. The molecule has 2 fully saturated rings. The van der Waals surface area contributed by atoms with E-state index in [0.717, 1.165) is 38.9 Å². The number of nitrogens with zero attached hydrogens (tertiary/aromatic N) is 2. The third-order valence-corrected chi connectivity index (χ3v) is 4.66. The van der Waals surface area contributed by atoms with E-state index in [0.29, 0.717) is 11.9 Å². The number of amides is 1. The van der Waals surface area contributed by atoms with Crippen LogP contribution in [0.4, 0.5) is 0 Å². The Morgan fingerprint density at radius 3 is 2.61 bits per heavy atom. The molecule has 0 spiro atoms. The van der Waals surface area contributed by atoms with Crippen molar-refractivity contribution in [3.8, 4) is 0 Å². The van der Waals surface area contributed by atoms with E-state index in [1.807, 2.05) is 4.90 Å². The van der Waals surface area contributed by atoms with Crippen LogP contribution in [0.15, 0.2) is 0 Å². The van der Waals surface area contributed by atoms with E-state index in [2.05, 4.69) is 18.9 Å². The molecular weight excluding hydrogens is 226 g/mol. The zero-order chi connectivity index (χ0) is 13.1. The first kappa shape index (κ1) is 13.8. The molecule has 0 aromatic carbocycles. The molecule has 4 heteroatoms. The first-order chi connectivity index (χ1) is 8.59. The van der Waals surface area contributed by atoms with Crippen LogP contribution in [0.2, 0.25) is 0 Å². The van der Waals surface area contributed by atoms with E-state index in [4.69, 9.17) is 5.73 Å². The van der Waals surface area contributed by atoms with Gasteiger partial charge in [0.1, 0.15) is 0 Å². The van der Waals surface area contributed by atoms with Crippen LogP contribution in [0.5, 0.6) is 0 Å². The molecule has 1 heterocycles. The molecule has 1 saturated heterocycles. The molecule has 0 radical (unpaired) electrons. The minimum atomic E-state index is 0.0723. The molecule has 0 bridgehead atoms. The summed E-state index contributed by atoms with van der Waals surface area (Å²) in [5, 5.41) is 0. The quantitative estimate of drug-likeness (QED) is 0.711. The van der Waals surface area contributed by atoms with Crippen LogP contribution in [-0.2, 0) is 4.79 Å². The molecule has 1 aliphatic carbocycles. The molecule has 0 aromatic rings. The molecule has 1 saturated carbocycles. The lowest BCUT2D eigenvalue weighted by Crippen LogP contribution is -2.55. The highest BCUT2D eigenvalue weighted by Crippen LogP contribution is 2.24. The maximum absolute atomic E-state index is 12.6. The number of carbonyl (C=O) groups excluding carboxylic acids is 1. The lowest BCUT2D eigenvalue weighted by atomic mass is 9.93. The Bertz CT molecular complexity index is 295. The van der Waals surface area contributed by atoms with Gasteiger partial charge < -0.3 is 15.5 Å². The first-order valence-corrected chi connectivity index (χ1v) is 7.34. The molecule has 1 aliphatic heterocycles. The highest BCUT2D eigenvalue weighted by molar-refractivity contribution is 5.79. The van der Waals surface area contributed by atoms with Gasteiger partial charge in [-0.2, -0.15) is 0 Å². The zero-order valence-corrected chi connectivity index (χ0v) is 11.8. The van der Waals surface area contributed by atoms with Crippen LogP contribution in [0.25, 0.3) is 0 Å². The first-order valence-electron chi connectivity index (χ1n) is 7.34. The largest absolute Gasteiger partial charge is 0.340 e. The van der Waals surface area contributed by atoms with Gasteiger partial charge in [-0.3, -0.25) is 4.79 Å². The summed E-state index contributed by atoms with van der Waals surface area (Å²) in [7, 11) is 2.13. The highest BCUT2D eigenvalue weighted by atomic mass is 16.2. The van der Waals surface area contributed by atoms with E-state index in [9.17, 15) is 4.79 Å². The second kappa shape index (κ2) is 6.02. The predicted molar refractivity (Wildman–Crippen MR) is 73.2 cm³/mol. The van der Waals surface area contributed by atoms with Crippen molar-refractivity contribution in [1.29, 1.82) is 0 Å². The van der Waals surface area contributed by atoms with Crippen LogP contribution in [-0.4, -0.2) is 54.5 Å². The van der Waals surface area contributed by atoms with Gasteiger partial charge in [0.05, 0.1) is 5.92 Å². The smallest absolute Gasteiger partial charge is 0.227 e. The number of hydrogen-bond donors (Lipinski definition) is 1. The number of likely N-dealkylation sites (N-methyl/N-ethyl adjacent to an activating group) is 1. The molecule has 104 valence electrons. The number of piperazine rings is 1. The summed E-state index contributed by atoms with van der Waals surface area (Å²) in [5.41, 5.74) is 6.19. The Balaban J connectivity index is 1.97. The van der Waals surface area contributed by atoms with Gasteiger partial charge in [0.2, 0.25) is 5.91 Å². The molecule has 1 amide bonds. The molecule has 4 nitrogen and oxygen atoms in total. The summed E-state index contributed by atoms with van der Waals surface area (Å²) < 4.78 is 0. The van der Waals surface area contributed by atoms with Crippen LogP contribution in [0.3, 0.4) is 0 Å². The van der Waals surface area contributed by atoms with Crippen molar-refractivity contribution in [3.63, 3.8) is 0 Å². The Hall–Kier alpha value is -0.610. The van der Waals surface area contributed by atoms with Crippen molar-refractivity contribution in [2.75, 3.05) is 26.7 Å². The number of carbonyl (C=O) groups is 1. The van der Waals surface area contributed by atoms with Crippen LogP contribution in [0, 0.1) is 5.92 Å². The molecule has 3 atom stereocenters. The Morgan fingerprint density at radius 2 is 1.89 bits per heavy atom. The fourth-order valence-corrected chi connectivity index (χ4v) is 3.13. The Labute approximate surface area is 110 Å². The van der Waals surface area contributed by atoms with Crippen LogP contribution < -0.4 is 5.73 Å². The van der Waals surface area contributed by atoms with E-state index < -0.39 is 0 Å². The second-order valence-electron chi connectivity index (χ2n) is 6.02. The Morgan fingerprint density at radius 1 is 1.17 bits per heavy atom. The van der Waals surface area contributed by atoms with Crippen molar-refractivity contribution >= 4 is 5.91 Å². The van der Waals surface area contributed by atoms with Crippen molar-refractivity contribution < 1.29 is 4.79 Å². The maximum atomic E-state index is 12.6. The van der Waals surface area contributed by atoms with Gasteiger partial charge in [-0.05, 0) is 26.8 Å². The third-order valence-electron chi connectivity index (χ3n) is 4.66. The topological polar surface area (TPSA) is 49.6 Å². The van der Waals surface area contributed by atoms with Crippen LogP contribution >= 0.6 is 0 Å². The van der Waals surface area contributed by atoms with Gasteiger partial charge in [-0.1, -0.05) is 19.3 Å². The third kappa shape index (κ3) is 3.04. The maximum Gasteiger partial charge on any atom is 0.227 e. The molecule has 18 heavy (non-hydrogen) atoms. The van der Waals surface area contributed by atoms with Gasteiger partial charge in [0, 0.05) is 31.7 Å². The number of rotatable bonds is 1.